The summed E-state index contributed by atoms with van der Waals surface area (Å²) in [4.78, 5) is 15.3. The lowest BCUT2D eigenvalue weighted by atomic mass is 9.71. The molecule has 0 saturated carbocycles. The lowest BCUT2D eigenvalue weighted by molar-refractivity contribution is -0.122. The molecule has 1 amide bonds. The summed E-state index contributed by atoms with van der Waals surface area (Å²) in [6.07, 6.45) is 1.64. The van der Waals surface area contributed by atoms with Crippen LogP contribution in [0.1, 0.15) is 36.0 Å². The van der Waals surface area contributed by atoms with E-state index < -0.39 is 11.0 Å². The Labute approximate surface area is 207 Å². The van der Waals surface area contributed by atoms with Gasteiger partial charge in [0.1, 0.15) is 12.4 Å². The molecule has 0 radical (unpaired) electrons. The Hall–Kier alpha value is -3.19. The Kier molecular flexibility index (Phi) is 7.86. The van der Waals surface area contributed by atoms with Gasteiger partial charge in [-0.3, -0.25) is 4.79 Å². The van der Waals surface area contributed by atoms with Crippen molar-refractivity contribution in [3.05, 3.63) is 102 Å². The van der Waals surface area contributed by atoms with Crippen LogP contribution in [0.25, 0.3) is 0 Å². The predicted molar refractivity (Wildman–Crippen MR) is 136 cm³/mol. The van der Waals surface area contributed by atoms with Crippen LogP contribution >= 0.6 is 0 Å². The van der Waals surface area contributed by atoms with Crippen molar-refractivity contribution < 1.29 is 19.7 Å². The lowest BCUT2D eigenvalue weighted by Gasteiger charge is -2.41. The van der Waals surface area contributed by atoms with E-state index in [-0.39, 0.29) is 19.1 Å². The van der Waals surface area contributed by atoms with Crippen LogP contribution in [0.3, 0.4) is 0 Å². The van der Waals surface area contributed by atoms with Gasteiger partial charge < -0.3 is 25.6 Å². The summed E-state index contributed by atoms with van der Waals surface area (Å²) in [5.74, 6) is 0.247. The van der Waals surface area contributed by atoms with E-state index in [9.17, 15) is 9.90 Å². The molecule has 0 spiro atoms. The molecule has 35 heavy (non-hydrogen) atoms. The number of aliphatic hydroxyl groups excluding tert-OH is 1. The minimum absolute atomic E-state index is 0.0784. The molecule has 0 bridgehead atoms. The summed E-state index contributed by atoms with van der Waals surface area (Å²) in [5, 5.41) is 20.6. The number of ether oxygens (including phenoxy) is 1. The van der Waals surface area contributed by atoms with Crippen molar-refractivity contribution in [1.29, 1.82) is 0 Å². The normalized spacial score (nSPS) is 16.1. The highest BCUT2D eigenvalue weighted by molar-refractivity contribution is 5.90. The molecule has 4 N–H and O–H groups in total. The topological polar surface area (TPSA) is 96.0 Å². The van der Waals surface area contributed by atoms with Crippen molar-refractivity contribution in [2.24, 2.45) is 5.73 Å². The second-order valence-electron chi connectivity index (χ2n) is 9.19. The predicted octanol–water partition coefficient (Wildman–Crippen LogP) is 3.20. The molecule has 184 valence electrons. The van der Waals surface area contributed by atoms with Gasteiger partial charge in [0, 0.05) is 18.7 Å². The Morgan fingerprint density at radius 2 is 1.46 bits per heavy atom. The average molecular weight is 475 g/mol. The van der Waals surface area contributed by atoms with Gasteiger partial charge in [0.2, 0.25) is 5.91 Å². The Morgan fingerprint density at radius 3 is 2.00 bits per heavy atom. The summed E-state index contributed by atoms with van der Waals surface area (Å²) in [5.41, 5.74) is 6.71. The number of amides is 1. The first kappa shape index (κ1) is 24.9. The maximum atomic E-state index is 13.0. The number of piperidine rings is 1. The zero-order valence-corrected chi connectivity index (χ0v) is 20.0. The zero-order valence-electron chi connectivity index (χ0n) is 20.0. The van der Waals surface area contributed by atoms with E-state index in [4.69, 9.17) is 15.6 Å². The molecule has 4 rings (SSSR count). The number of carbonyl (C=O) groups is 1. The van der Waals surface area contributed by atoms with Crippen LogP contribution < -0.4 is 10.5 Å². The van der Waals surface area contributed by atoms with E-state index >= 15 is 0 Å². The van der Waals surface area contributed by atoms with Gasteiger partial charge in [-0.2, -0.15) is 0 Å². The third kappa shape index (κ3) is 5.25. The summed E-state index contributed by atoms with van der Waals surface area (Å²) < 4.78 is 5.67. The Balaban J connectivity index is 1.51. The van der Waals surface area contributed by atoms with Gasteiger partial charge in [-0.05, 0) is 43.0 Å². The summed E-state index contributed by atoms with van der Waals surface area (Å²) in [7, 11) is 0. The van der Waals surface area contributed by atoms with E-state index in [1.165, 1.54) is 0 Å². The molecular formula is C29H34N2O4. The fraction of sp³-hybridized carbons (Fsp3) is 0.345. The standard InChI is InChI=1S/C29H34N2O4/c30-27(33)29(23-9-3-1-4-10-23,24-11-5-2-6-12-24)17-20-31-18-15-28(34,16-19-31)25-13-7-8-14-26(25)35-22-21-32/h1-14,32,34H,15-22H2,(H2,30,33). The highest BCUT2D eigenvalue weighted by Gasteiger charge is 2.42. The number of nitrogens with zero attached hydrogens (tertiary/aromatic N) is 1. The fourth-order valence-electron chi connectivity index (χ4n) is 5.18. The van der Waals surface area contributed by atoms with Gasteiger partial charge in [-0.25, -0.2) is 0 Å². The SMILES string of the molecule is NC(=O)C(CCN1CCC(O)(c2ccccc2OCCO)CC1)(c1ccccc1)c1ccccc1. The second-order valence-corrected chi connectivity index (χ2v) is 9.19. The third-order valence-electron chi connectivity index (χ3n) is 7.18. The number of aliphatic hydroxyl groups is 2. The minimum Gasteiger partial charge on any atom is -0.491 e. The van der Waals surface area contributed by atoms with Gasteiger partial charge in [0.05, 0.1) is 17.6 Å². The maximum Gasteiger partial charge on any atom is 0.232 e. The molecule has 1 aliphatic heterocycles. The number of nitrogens with two attached hydrogens (primary N) is 1. The van der Waals surface area contributed by atoms with Crippen molar-refractivity contribution in [2.75, 3.05) is 32.8 Å². The first-order valence-corrected chi connectivity index (χ1v) is 12.2. The maximum absolute atomic E-state index is 13.0. The summed E-state index contributed by atoms with van der Waals surface area (Å²) in [6.45, 7) is 2.15. The summed E-state index contributed by atoms with van der Waals surface area (Å²) in [6, 6.07) is 27.0. The van der Waals surface area contributed by atoms with Gasteiger partial charge in [0.25, 0.3) is 0 Å². The smallest absolute Gasteiger partial charge is 0.232 e. The van der Waals surface area contributed by atoms with Crippen LogP contribution in [0, 0.1) is 0 Å². The highest BCUT2D eigenvalue weighted by Crippen LogP contribution is 2.40. The van der Waals surface area contributed by atoms with Crippen molar-refractivity contribution in [1.82, 2.24) is 4.90 Å². The Bertz CT molecular complexity index is 1060. The lowest BCUT2D eigenvalue weighted by Crippen LogP contribution is -2.47. The average Bonchev–Trinajstić information content (AvgIpc) is 2.90. The number of carbonyl (C=O) groups excluding carboxylic acids is 1. The first-order valence-electron chi connectivity index (χ1n) is 12.2. The van der Waals surface area contributed by atoms with Gasteiger partial charge >= 0.3 is 0 Å². The zero-order chi connectivity index (χ0) is 24.7. The molecule has 3 aromatic rings. The minimum atomic E-state index is -0.998. The summed E-state index contributed by atoms with van der Waals surface area (Å²) >= 11 is 0. The van der Waals surface area contributed by atoms with E-state index in [0.29, 0.717) is 44.6 Å². The Morgan fingerprint density at radius 1 is 0.914 bits per heavy atom. The van der Waals surface area contributed by atoms with Crippen LogP contribution in [0.2, 0.25) is 0 Å². The third-order valence-corrected chi connectivity index (χ3v) is 7.18. The van der Waals surface area contributed by atoms with Crippen LogP contribution in [0.5, 0.6) is 5.75 Å². The number of para-hydroxylation sites is 1. The number of primary amides is 1. The molecule has 0 aliphatic carbocycles. The number of rotatable bonds is 10. The quantitative estimate of drug-likeness (QED) is 0.419. The van der Waals surface area contributed by atoms with E-state index in [1.807, 2.05) is 84.9 Å². The fourth-order valence-corrected chi connectivity index (χ4v) is 5.18. The molecule has 1 aliphatic rings. The van der Waals surface area contributed by atoms with Gasteiger partial charge in [0.15, 0.2) is 0 Å². The number of hydrogen-bond donors (Lipinski definition) is 3. The van der Waals surface area contributed by atoms with E-state index in [2.05, 4.69) is 4.90 Å². The molecule has 3 aromatic carbocycles. The van der Waals surface area contributed by atoms with Gasteiger partial charge in [-0.1, -0.05) is 78.9 Å². The first-order chi connectivity index (χ1) is 17.0. The van der Waals surface area contributed by atoms with Crippen molar-refractivity contribution in [2.45, 2.75) is 30.3 Å². The molecule has 6 nitrogen and oxygen atoms in total. The molecule has 1 saturated heterocycles. The number of benzene rings is 3. The molecule has 0 unspecified atom stereocenters. The highest BCUT2D eigenvalue weighted by atomic mass is 16.5. The number of likely N-dealkylation sites (tertiary alicyclic amines) is 1. The van der Waals surface area contributed by atoms with Crippen molar-refractivity contribution >= 4 is 5.91 Å². The second kappa shape index (κ2) is 11.0. The molecule has 0 atom stereocenters. The van der Waals surface area contributed by atoms with Crippen LogP contribution in [-0.2, 0) is 15.8 Å². The molecular weight excluding hydrogens is 440 g/mol. The largest absolute Gasteiger partial charge is 0.491 e. The van der Waals surface area contributed by atoms with Crippen LogP contribution in [0.15, 0.2) is 84.9 Å². The van der Waals surface area contributed by atoms with Gasteiger partial charge in [-0.15, -0.1) is 0 Å². The van der Waals surface area contributed by atoms with Crippen LogP contribution in [-0.4, -0.2) is 53.9 Å². The molecule has 1 heterocycles. The van der Waals surface area contributed by atoms with Crippen LogP contribution in [0.4, 0.5) is 0 Å². The van der Waals surface area contributed by atoms with E-state index in [1.54, 1.807) is 0 Å². The molecule has 1 fully saturated rings. The van der Waals surface area contributed by atoms with E-state index in [0.717, 1.165) is 16.7 Å². The molecule has 6 heteroatoms. The molecule has 0 aromatic heterocycles. The van der Waals surface area contributed by atoms with Crippen molar-refractivity contribution in [3.63, 3.8) is 0 Å². The van der Waals surface area contributed by atoms with Crippen molar-refractivity contribution in [3.8, 4) is 5.75 Å². The number of hydrogen-bond acceptors (Lipinski definition) is 5. The monoisotopic (exact) mass is 474 g/mol.